The van der Waals surface area contributed by atoms with Crippen molar-refractivity contribution in [3.8, 4) is 9.88 Å². The molecule has 3 heterocycles. The Bertz CT molecular complexity index is 1020. The third-order valence-corrected chi connectivity index (χ3v) is 6.11. The maximum Gasteiger partial charge on any atom is 0.240 e. The molecule has 5 nitrogen and oxygen atoms in total. The summed E-state index contributed by atoms with van der Waals surface area (Å²) in [6, 6.07) is 11.9. The first-order valence-electron chi connectivity index (χ1n) is 7.87. The molecule has 0 atom stereocenters. The SMILES string of the molecule is Cc1nc(-c2cccs2)sc1CNC(=O)Cn1cnc2ccccc21. The quantitative estimate of drug-likeness (QED) is 0.582. The third-order valence-electron chi connectivity index (χ3n) is 3.91. The fourth-order valence-electron chi connectivity index (χ4n) is 2.62. The molecule has 0 saturated carbocycles. The van der Waals surface area contributed by atoms with Gasteiger partial charge in [-0.05, 0) is 30.5 Å². The van der Waals surface area contributed by atoms with Gasteiger partial charge in [-0.2, -0.15) is 0 Å². The fourth-order valence-corrected chi connectivity index (χ4v) is 4.42. The van der Waals surface area contributed by atoms with E-state index in [1.54, 1.807) is 29.0 Å². The van der Waals surface area contributed by atoms with Crippen LogP contribution in [0.4, 0.5) is 0 Å². The Morgan fingerprint density at radius 2 is 2.12 bits per heavy atom. The third kappa shape index (κ3) is 3.33. The van der Waals surface area contributed by atoms with E-state index >= 15 is 0 Å². The molecular weight excluding hydrogens is 352 g/mol. The molecule has 1 aromatic carbocycles. The fraction of sp³-hybridized carbons (Fsp3) is 0.167. The lowest BCUT2D eigenvalue weighted by Gasteiger charge is -2.06. The molecule has 0 aliphatic carbocycles. The number of rotatable bonds is 5. The number of carbonyl (C=O) groups excluding carboxylic acids is 1. The van der Waals surface area contributed by atoms with Crippen LogP contribution in [0.2, 0.25) is 0 Å². The maximum absolute atomic E-state index is 12.3. The maximum atomic E-state index is 12.3. The number of nitrogens with zero attached hydrogens (tertiary/aromatic N) is 3. The monoisotopic (exact) mass is 368 g/mol. The first kappa shape index (κ1) is 16.0. The molecule has 126 valence electrons. The van der Waals surface area contributed by atoms with Crippen LogP contribution >= 0.6 is 22.7 Å². The van der Waals surface area contributed by atoms with Crippen molar-refractivity contribution in [2.45, 2.75) is 20.0 Å². The van der Waals surface area contributed by atoms with Gasteiger partial charge in [-0.1, -0.05) is 18.2 Å². The molecule has 0 unspecified atom stereocenters. The van der Waals surface area contributed by atoms with Crippen molar-refractivity contribution < 1.29 is 4.79 Å². The molecule has 1 N–H and O–H groups in total. The van der Waals surface area contributed by atoms with Crippen molar-refractivity contribution in [2.75, 3.05) is 0 Å². The molecule has 0 spiro atoms. The molecule has 0 saturated heterocycles. The number of thiophene rings is 1. The summed E-state index contributed by atoms with van der Waals surface area (Å²) in [5, 5.41) is 6.04. The first-order valence-corrected chi connectivity index (χ1v) is 9.57. The second kappa shape index (κ2) is 6.78. The summed E-state index contributed by atoms with van der Waals surface area (Å²) in [5.74, 6) is -0.0337. The number of hydrogen-bond donors (Lipinski definition) is 1. The van der Waals surface area contributed by atoms with E-state index in [-0.39, 0.29) is 12.5 Å². The molecule has 1 amide bonds. The zero-order valence-corrected chi connectivity index (χ0v) is 15.2. The van der Waals surface area contributed by atoms with E-state index in [9.17, 15) is 4.79 Å². The van der Waals surface area contributed by atoms with Gasteiger partial charge in [-0.15, -0.1) is 22.7 Å². The number of thiazole rings is 1. The molecule has 0 radical (unpaired) electrons. The van der Waals surface area contributed by atoms with Gasteiger partial charge in [-0.3, -0.25) is 4.79 Å². The largest absolute Gasteiger partial charge is 0.350 e. The first-order chi connectivity index (χ1) is 12.2. The average Bonchev–Trinajstić information content (AvgIpc) is 3.34. The van der Waals surface area contributed by atoms with Gasteiger partial charge in [0.05, 0.1) is 34.5 Å². The van der Waals surface area contributed by atoms with E-state index < -0.39 is 0 Å². The van der Waals surface area contributed by atoms with Gasteiger partial charge in [0.25, 0.3) is 0 Å². The van der Waals surface area contributed by atoms with Crippen molar-refractivity contribution in [3.05, 3.63) is 58.7 Å². The Hall–Kier alpha value is -2.51. The van der Waals surface area contributed by atoms with Crippen molar-refractivity contribution in [1.29, 1.82) is 0 Å². The summed E-state index contributed by atoms with van der Waals surface area (Å²) in [4.78, 5) is 23.5. The number of para-hydroxylation sites is 2. The number of hydrogen-bond acceptors (Lipinski definition) is 5. The Kier molecular flexibility index (Phi) is 4.33. The van der Waals surface area contributed by atoms with Gasteiger partial charge in [-0.25, -0.2) is 9.97 Å². The Balaban J connectivity index is 1.42. The predicted octanol–water partition coefficient (Wildman–Crippen LogP) is 3.85. The van der Waals surface area contributed by atoms with Crippen LogP contribution in [0.3, 0.4) is 0 Å². The van der Waals surface area contributed by atoms with E-state index in [1.165, 1.54) is 0 Å². The number of fused-ring (bicyclic) bond motifs is 1. The second-order valence-corrected chi connectivity index (χ2v) is 7.67. The minimum atomic E-state index is -0.0337. The van der Waals surface area contributed by atoms with Gasteiger partial charge in [0, 0.05) is 4.88 Å². The summed E-state index contributed by atoms with van der Waals surface area (Å²) < 4.78 is 1.86. The van der Waals surface area contributed by atoms with Gasteiger partial charge in [0.15, 0.2) is 0 Å². The van der Waals surface area contributed by atoms with Crippen LogP contribution in [0.1, 0.15) is 10.6 Å². The normalized spacial score (nSPS) is 11.1. The van der Waals surface area contributed by atoms with Crippen LogP contribution in [0, 0.1) is 6.92 Å². The predicted molar refractivity (Wildman–Crippen MR) is 102 cm³/mol. The van der Waals surface area contributed by atoms with E-state index in [0.717, 1.165) is 31.5 Å². The Morgan fingerprint density at radius 3 is 2.96 bits per heavy atom. The van der Waals surface area contributed by atoms with Crippen LogP contribution in [-0.4, -0.2) is 20.4 Å². The lowest BCUT2D eigenvalue weighted by atomic mass is 10.3. The minimum absolute atomic E-state index is 0.0337. The Labute approximate surface area is 153 Å². The molecule has 3 aromatic heterocycles. The summed E-state index contributed by atoms with van der Waals surface area (Å²) in [6.45, 7) is 2.74. The summed E-state index contributed by atoms with van der Waals surface area (Å²) >= 11 is 3.31. The number of aryl methyl sites for hydroxylation is 1. The topological polar surface area (TPSA) is 59.8 Å². The van der Waals surface area contributed by atoms with E-state index in [4.69, 9.17) is 0 Å². The highest BCUT2D eigenvalue weighted by Gasteiger charge is 2.12. The van der Waals surface area contributed by atoms with Crippen molar-refractivity contribution >= 4 is 39.6 Å². The number of benzene rings is 1. The van der Waals surface area contributed by atoms with E-state index in [1.807, 2.05) is 47.2 Å². The average molecular weight is 368 g/mol. The van der Waals surface area contributed by atoms with Crippen LogP contribution in [0.25, 0.3) is 20.9 Å². The van der Waals surface area contributed by atoms with Gasteiger partial charge in [0.2, 0.25) is 5.91 Å². The van der Waals surface area contributed by atoms with Gasteiger partial charge < -0.3 is 9.88 Å². The molecular formula is C18H16N4OS2. The minimum Gasteiger partial charge on any atom is -0.350 e. The Morgan fingerprint density at radius 1 is 1.24 bits per heavy atom. The highest BCUT2D eigenvalue weighted by molar-refractivity contribution is 7.21. The zero-order chi connectivity index (χ0) is 17.2. The van der Waals surface area contributed by atoms with Crippen LogP contribution in [-0.2, 0) is 17.9 Å². The molecule has 4 rings (SSSR count). The summed E-state index contributed by atoms with van der Waals surface area (Å²) in [5.41, 5.74) is 2.84. The molecule has 25 heavy (non-hydrogen) atoms. The summed E-state index contributed by atoms with van der Waals surface area (Å²) in [6.07, 6.45) is 1.71. The van der Waals surface area contributed by atoms with Crippen LogP contribution < -0.4 is 5.32 Å². The van der Waals surface area contributed by atoms with Crippen LogP contribution in [0.15, 0.2) is 48.1 Å². The lowest BCUT2D eigenvalue weighted by molar-refractivity contribution is -0.121. The standard InChI is InChI=1S/C18H16N4OS2/c1-12-16(25-18(21-12)15-7-4-8-24-15)9-19-17(23)10-22-11-20-13-5-2-3-6-14(13)22/h2-8,11H,9-10H2,1H3,(H,19,23). The van der Waals surface area contributed by atoms with Gasteiger partial charge in [0.1, 0.15) is 11.6 Å². The number of nitrogens with one attached hydrogen (secondary N) is 1. The molecule has 0 fully saturated rings. The lowest BCUT2D eigenvalue weighted by Crippen LogP contribution is -2.26. The second-order valence-electron chi connectivity index (χ2n) is 5.64. The van der Waals surface area contributed by atoms with E-state index in [0.29, 0.717) is 6.54 Å². The van der Waals surface area contributed by atoms with Crippen LogP contribution in [0.5, 0.6) is 0 Å². The van der Waals surface area contributed by atoms with Crippen molar-refractivity contribution in [2.24, 2.45) is 0 Å². The number of aromatic nitrogens is 3. The highest BCUT2D eigenvalue weighted by Crippen LogP contribution is 2.30. The summed E-state index contributed by atoms with van der Waals surface area (Å²) in [7, 11) is 0. The zero-order valence-electron chi connectivity index (χ0n) is 13.6. The molecule has 4 aromatic rings. The van der Waals surface area contributed by atoms with Crippen molar-refractivity contribution in [1.82, 2.24) is 19.9 Å². The molecule has 0 aliphatic rings. The molecule has 0 aliphatic heterocycles. The smallest absolute Gasteiger partial charge is 0.240 e. The number of amides is 1. The van der Waals surface area contributed by atoms with Crippen molar-refractivity contribution in [3.63, 3.8) is 0 Å². The molecule has 7 heteroatoms. The molecule has 0 bridgehead atoms. The number of imidazole rings is 1. The highest BCUT2D eigenvalue weighted by atomic mass is 32.1. The number of carbonyl (C=O) groups is 1. The van der Waals surface area contributed by atoms with E-state index in [2.05, 4.69) is 21.4 Å². The van der Waals surface area contributed by atoms with Gasteiger partial charge >= 0.3 is 0 Å².